The van der Waals surface area contributed by atoms with E-state index in [0.29, 0.717) is 17.9 Å². The fourth-order valence-electron chi connectivity index (χ4n) is 3.70. The van der Waals surface area contributed by atoms with Crippen LogP contribution < -0.4 is 20.3 Å². The lowest BCUT2D eigenvalue weighted by atomic mass is 10.0. The second-order valence-corrected chi connectivity index (χ2v) is 7.81. The van der Waals surface area contributed by atoms with Gasteiger partial charge in [-0.25, -0.2) is 0 Å². The summed E-state index contributed by atoms with van der Waals surface area (Å²) >= 11 is 0. The minimum absolute atomic E-state index is 0.0572. The molecule has 3 rings (SSSR count). The van der Waals surface area contributed by atoms with Crippen molar-refractivity contribution in [1.29, 1.82) is 0 Å². The highest BCUT2D eigenvalue weighted by Gasteiger charge is 2.26. The van der Waals surface area contributed by atoms with Gasteiger partial charge in [-0.2, -0.15) is 0 Å². The lowest BCUT2D eigenvalue weighted by Crippen LogP contribution is -2.47. The molecule has 1 heterocycles. The number of nitrogens with one attached hydrogen (secondary N) is 2. The van der Waals surface area contributed by atoms with Gasteiger partial charge >= 0.3 is 0 Å². The molecule has 2 amide bonds. The van der Waals surface area contributed by atoms with E-state index in [2.05, 4.69) is 28.5 Å². The molecule has 30 heavy (non-hydrogen) atoms. The SMILES string of the molecule is CCOc1ccc(C(=O)NC(C(=O)Nc2ccc3c(c2)N(CC)CC3)C(C)C)cc1. The molecule has 160 valence electrons. The van der Waals surface area contributed by atoms with Crippen LogP contribution in [0.25, 0.3) is 0 Å². The van der Waals surface area contributed by atoms with Crippen molar-refractivity contribution < 1.29 is 14.3 Å². The molecule has 1 aliphatic heterocycles. The zero-order chi connectivity index (χ0) is 21.7. The average Bonchev–Trinajstić information content (AvgIpc) is 3.14. The maximum atomic E-state index is 13.0. The van der Waals surface area contributed by atoms with Crippen molar-refractivity contribution in [3.63, 3.8) is 0 Å². The van der Waals surface area contributed by atoms with E-state index in [9.17, 15) is 9.59 Å². The number of fused-ring (bicyclic) bond motifs is 1. The van der Waals surface area contributed by atoms with E-state index in [-0.39, 0.29) is 17.7 Å². The quantitative estimate of drug-likeness (QED) is 0.695. The van der Waals surface area contributed by atoms with E-state index < -0.39 is 6.04 Å². The van der Waals surface area contributed by atoms with Crippen molar-refractivity contribution in [3.05, 3.63) is 53.6 Å². The molecule has 1 atom stereocenters. The summed E-state index contributed by atoms with van der Waals surface area (Å²) in [5.41, 5.74) is 3.72. The number of amides is 2. The number of rotatable bonds is 8. The van der Waals surface area contributed by atoms with E-state index in [1.165, 1.54) is 11.3 Å². The van der Waals surface area contributed by atoms with E-state index in [1.807, 2.05) is 32.9 Å². The lowest BCUT2D eigenvalue weighted by Gasteiger charge is -2.22. The third-order valence-corrected chi connectivity index (χ3v) is 5.39. The van der Waals surface area contributed by atoms with E-state index in [1.54, 1.807) is 24.3 Å². The standard InChI is InChI=1S/C24H31N3O3/c1-5-27-14-13-17-7-10-19(15-21(17)27)25-24(29)22(16(3)4)26-23(28)18-8-11-20(12-9-18)30-6-2/h7-12,15-16,22H,5-6,13-14H2,1-4H3,(H,25,29)(H,26,28). The fourth-order valence-corrected chi connectivity index (χ4v) is 3.70. The maximum absolute atomic E-state index is 13.0. The molecule has 0 saturated carbocycles. The summed E-state index contributed by atoms with van der Waals surface area (Å²) in [4.78, 5) is 27.9. The Morgan fingerprint density at radius 3 is 2.47 bits per heavy atom. The zero-order valence-corrected chi connectivity index (χ0v) is 18.2. The van der Waals surface area contributed by atoms with Gasteiger partial charge in [-0.1, -0.05) is 19.9 Å². The van der Waals surface area contributed by atoms with Gasteiger partial charge in [0.15, 0.2) is 0 Å². The Hall–Kier alpha value is -3.02. The predicted octanol–water partition coefficient (Wildman–Crippen LogP) is 3.86. The summed E-state index contributed by atoms with van der Waals surface area (Å²) in [6, 6.07) is 12.3. The Morgan fingerprint density at radius 1 is 1.10 bits per heavy atom. The third-order valence-electron chi connectivity index (χ3n) is 5.39. The first-order valence-corrected chi connectivity index (χ1v) is 10.6. The number of carbonyl (C=O) groups is 2. The van der Waals surface area contributed by atoms with Crippen molar-refractivity contribution >= 4 is 23.2 Å². The Labute approximate surface area is 178 Å². The first-order chi connectivity index (χ1) is 14.4. The van der Waals surface area contributed by atoms with Crippen LogP contribution in [0, 0.1) is 5.92 Å². The van der Waals surface area contributed by atoms with Gasteiger partial charge in [0.05, 0.1) is 6.61 Å². The van der Waals surface area contributed by atoms with Gasteiger partial charge < -0.3 is 20.3 Å². The molecule has 0 spiro atoms. The van der Waals surface area contributed by atoms with Crippen LogP contribution in [0.3, 0.4) is 0 Å². The van der Waals surface area contributed by atoms with E-state index >= 15 is 0 Å². The van der Waals surface area contributed by atoms with E-state index in [4.69, 9.17) is 4.74 Å². The molecule has 0 saturated heterocycles. The smallest absolute Gasteiger partial charge is 0.251 e. The summed E-state index contributed by atoms with van der Waals surface area (Å²) in [6.45, 7) is 10.4. The monoisotopic (exact) mass is 409 g/mol. The number of anilines is 2. The molecular formula is C24H31N3O3. The Balaban J connectivity index is 1.68. The Morgan fingerprint density at radius 2 is 1.83 bits per heavy atom. The van der Waals surface area contributed by atoms with Crippen LogP contribution in [0.15, 0.2) is 42.5 Å². The van der Waals surface area contributed by atoms with Crippen LogP contribution >= 0.6 is 0 Å². The number of nitrogens with zero attached hydrogens (tertiary/aromatic N) is 1. The van der Waals surface area contributed by atoms with Crippen molar-refractivity contribution in [2.24, 2.45) is 5.92 Å². The van der Waals surface area contributed by atoms with Gasteiger partial charge in [0.2, 0.25) is 5.91 Å². The molecule has 0 fully saturated rings. The summed E-state index contributed by atoms with van der Waals surface area (Å²) < 4.78 is 5.41. The molecule has 0 radical (unpaired) electrons. The van der Waals surface area contributed by atoms with Gasteiger partial charge in [-0.05, 0) is 68.1 Å². The summed E-state index contributed by atoms with van der Waals surface area (Å²) in [6.07, 6.45) is 1.03. The predicted molar refractivity (Wildman–Crippen MR) is 120 cm³/mol. The van der Waals surface area contributed by atoms with Crippen LogP contribution in [-0.4, -0.2) is 37.6 Å². The molecule has 0 bridgehead atoms. The van der Waals surface area contributed by atoms with Crippen molar-refractivity contribution in [3.8, 4) is 5.75 Å². The second-order valence-electron chi connectivity index (χ2n) is 7.81. The zero-order valence-electron chi connectivity index (χ0n) is 18.2. The highest BCUT2D eigenvalue weighted by molar-refractivity contribution is 6.01. The van der Waals surface area contributed by atoms with Crippen LogP contribution in [0.4, 0.5) is 11.4 Å². The number of ether oxygens (including phenoxy) is 1. The molecular weight excluding hydrogens is 378 g/mol. The minimum Gasteiger partial charge on any atom is -0.494 e. The first-order valence-electron chi connectivity index (χ1n) is 10.6. The normalized spacial score (nSPS) is 13.7. The van der Waals surface area contributed by atoms with Gasteiger partial charge in [0.1, 0.15) is 11.8 Å². The lowest BCUT2D eigenvalue weighted by molar-refractivity contribution is -0.118. The fraction of sp³-hybridized carbons (Fsp3) is 0.417. The largest absolute Gasteiger partial charge is 0.494 e. The maximum Gasteiger partial charge on any atom is 0.251 e. The number of likely N-dealkylation sites (N-methyl/N-ethyl adjacent to an activating group) is 1. The van der Waals surface area contributed by atoms with E-state index in [0.717, 1.165) is 25.2 Å². The summed E-state index contributed by atoms with van der Waals surface area (Å²) in [7, 11) is 0. The molecule has 6 heteroatoms. The molecule has 2 N–H and O–H groups in total. The molecule has 1 aliphatic rings. The van der Waals surface area contributed by atoms with Crippen LogP contribution in [0.5, 0.6) is 5.75 Å². The van der Waals surface area contributed by atoms with Crippen molar-refractivity contribution in [1.82, 2.24) is 5.32 Å². The number of carbonyl (C=O) groups excluding carboxylic acids is 2. The molecule has 1 unspecified atom stereocenters. The Kier molecular flexibility index (Phi) is 6.98. The topological polar surface area (TPSA) is 70.7 Å². The van der Waals surface area contributed by atoms with Crippen molar-refractivity contribution in [2.45, 2.75) is 40.2 Å². The van der Waals surface area contributed by atoms with Gasteiger partial charge in [-0.3, -0.25) is 9.59 Å². The Bertz CT molecular complexity index is 893. The highest BCUT2D eigenvalue weighted by Crippen LogP contribution is 2.30. The van der Waals surface area contributed by atoms with Gasteiger partial charge in [0.25, 0.3) is 5.91 Å². The highest BCUT2D eigenvalue weighted by atomic mass is 16.5. The summed E-state index contributed by atoms with van der Waals surface area (Å²) in [5.74, 6) is 0.159. The molecule has 2 aromatic carbocycles. The minimum atomic E-state index is -0.639. The molecule has 2 aromatic rings. The van der Waals surface area contributed by atoms with Crippen LogP contribution in [-0.2, 0) is 11.2 Å². The number of hydrogen-bond donors (Lipinski definition) is 2. The number of hydrogen-bond acceptors (Lipinski definition) is 4. The van der Waals surface area contributed by atoms with Crippen LogP contribution in [0.1, 0.15) is 43.6 Å². The van der Waals surface area contributed by atoms with Gasteiger partial charge in [-0.15, -0.1) is 0 Å². The molecule has 6 nitrogen and oxygen atoms in total. The first kappa shape index (κ1) is 21.7. The second kappa shape index (κ2) is 9.65. The molecule has 0 aliphatic carbocycles. The third kappa shape index (κ3) is 4.93. The van der Waals surface area contributed by atoms with Crippen LogP contribution in [0.2, 0.25) is 0 Å². The molecule has 0 aromatic heterocycles. The average molecular weight is 410 g/mol. The van der Waals surface area contributed by atoms with Crippen molar-refractivity contribution in [2.75, 3.05) is 29.9 Å². The summed E-state index contributed by atoms with van der Waals surface area (Å²) in [5, 5.41) is 5.85. The number of benzene rings is 2. The van der Waals surface area contributed by atoms with Gasteiger partial charge in [0, 0.05) is 30.0 Å².